The van der Waals surface area contributed by atoms with Crippen LogP contribution in [0.2, 0.25) is 0 Å². The van der Waals surface area contributed by atoms with Gasteiger partial charge >= 0.3 is 36.7 Å². The predicted octanol–water partition coefficient (Wildman–Crippen LogP) is 11.8. The van der Waals surface area contributed by atoms with Gasteiger partial charge in [-0.25, -0.2) is 13.2 Å². The molecule has 0 radical (unpaired) electrons. The van der Waals surface area contributed by atoms with Crippen molar-refractivity contribution in [3.8, 4) is 11.1 Å². The summed E-state index contributed by atoms with van der Waals surface area (Å²) in [5, 5.41) is 28.9. The van der Waals surface area contributed by atoms with E-state index >= 15 is 0 Å². The molecule has 4 aliphatic rings. The Bertz CT molecular complexity index is 4470. The van der Waals surface area contributed by atoms with Crippen LogP contribution >= 0.6 is 60.4 Å². The van der Waals surface area contributed by atoms with Crippen LogP contribution in [0.4, 0.5) is 17.6 Å². The number of thiol groups is 1. The second kappa shape index (κ2) is 41.3. The van der Waals surface area contributed by atoms with Crippen molar-refractivity contribution in [3.63, 3.8) is 0 Å². The summed E-state index contributed by atoms with van der Waals surface area (Å²) in [6, 6.07) is 37.6. The van der Waals surface area contributed by atoms with Crippen molar-refractivity contribution in [2.24, 2.45) is 14.1 Å². The molecule has 0 bridgehead atoms. The molecule has 5 aromatic carbocycles. The molecule has 0 atom stereocenters. The van der Waals surface area contributed by atoms with E-state index in [2.05, 4.69) is 125 Å². The molecule has 10 aromatic rings. The first-order valence-corrected chi connectivity index (χ1v) is 33.4. The maximum Gasteiger partial charge on any atom is 1.00 e. The number of fused-ring (bicyclic) bond motifs is 5. The number of carbonyl (C=O) groups excluding carboxylic acids is 3. The molecule has 9 heterocycles. The number of nitrogens with one attached hydrogen (secondary N) is 1. The molecule has 0 unspecified atom stereocenters. The third kappa shape index (κ3) is 24.6. The van der Waals surface area contributed by atoms with Gasteiger partial charge in [-0.3, -0.25) is 52.7 Å². The number of hydrogen-bond acceptors (Lipinski definition) is 13. The van der Waals surface area contributed by atoms with Gasteiger partial charge in [0.2, 0.25) is 0 Å². The molecule has 0 spiro atoms. The molecule has 5 aromatic heterocycles. The van der Waals surface area contributed by atoms with Crippen molar-refractivity contribution in [1.29, 1.82) is 0 Å². The number of carboxylic acids is 2. The second-order valence-corrected chi connectivity index (χ2v) is 25.1. The molecule has 1 fully saturated rings. The quantitative estimate of drug-likeness (QED) is 0.0503. The van der Waals surface area contributed by atoms with Crippen LogP contribution in [0.5, 0.6) is 0 Å². The zero-order valence-corrected chi connectivity index (χ0v) is 65.4. The third-order valence-electron chi connectivity index (χ3n) is 15.1. The Hall–Kier alpha value is -7.00. The molecule has 19 nitrogen and oxygen atoms in total. The normalized spacial score (nSPS) is 13.5. The summed E-state index contributed by atoms with van der Waals surface area (Å²) in [7, 11) is 2.49. The molecule has 3 amide bonds. The number of aromatic nitrogens is 7. The first-order valence-electron chi connectivity index (χ1n) is 30.5. The molecular formula is C71H77BBr3F4N10NaO9PdS. The largest absolute Gasteiger partial charge is 1.00 e. The van der Waals surface area contributed by atoms with Crippen molar-refractivity contribution in [2.45, 2.75) is 98.2 Å². The molecule has 101 heavy (non-hydrogen) atoms. The van der Waals surface area contributed by atoms with Gasteiger partial charge in [-0.05, 0) is 141 Å². The van der Waals surface area contributed by atoms with Crippen molar-refractivity contribution in [2.75, 3.05) is 13.4 Å². The second-order valence-electron chi connectivity index (χ2n) is 22.7. The maximum atomic E-state index is 14.8. The van der Waals surface area contributed by atoms with Gasteiger partial charge in [-0.1, -0.05) is 97.7 Å². The number of amides is 3. The standard InChI is InChI=1S/C22H17FN4O.C14H19BN2O2.C14H10BrFN2O.C7H5Br2F.C7H6N2O.2C2H4O2.CH3F.CH4S.CH4.Na.Pd.H/c1-26-11-17-9-14(6-7-20(17)25-26)15-4-5-16(19(23)10-15)12-27-13-21-18(22(27)28)3-2-8-24-21;1-13(2)14(3,4)19-15(18-13)11-6-7-12-10(8-11)9-17(5)16-12;15-10-4-3-9(12(16)6-10)7-18-8-13-11(14(18)19)2-1-5-17-13;8-4-5-1-2-6(9)3-7(5)10;10-7-5-2-1-3-8-6(5)4-9-7;2*1-2(3)4;2*1-2;;;;/h2-11H,12-13H2,1H3;6-9H,1-5H3;1-6H,7-8H2;1-3H,4H2;1-3H,4H2,(H,9,10);2*1H3,(H,3,4);1H3;2H,1H3;1H4;;;/q;;;;;;;;;;+1;;-1/i;;;;;;;1D;;;;;. The fourth-order valence-corrected chi connectivity index (χ4v) is 11.0. The van der Waals surface area contributed by atoms with E-state index < -0.39 is 19.1 Å². The van der Waals surface area contributed by atoms with Crippen molar-refractivity contribution in [3.05, 3.63) is 235 Å². The summed E-state index contributed by atoms with van der Waals surface area (Å²) < 4.78 is 74.0. The summed E-state index contributed by atoms with van der Waals surface area (Å²) in [6.45, 7) is 12.3. The third-order valence-corrected chi connectivity index (χ3v) is 16.7. The van der Waals surface area contributed by atoms with Crippen LogP contribution < -0.4 is 40.3 Å². The molecule has 3 N–H and O–H groups in total. The minimum atomic E-state index is -1.00. The number of pyridine rings is 3. The number of aliphatic carboxylic acids is 2. The van der Waals surface area contributed by atoms with Crippen LogP contribution in [0.1, 0.15) is 117 Å². The summed E-state index contributed by atoms with van der Waals surface area (Å²) in [5.74, 6) is -2.68. The number of nitrogens with zero attached hydrogens (tertiary/aromatic N) is 9. The SMILES string of the molecule is C.CC(=O)O.CC(=O)O.CS.Cn1cc2cc(-c3ccc(CN4Cc5ncccc5C4=O)c(F)c3)ccc2n1.Cn1cc2cc(B3OC(C)(C)C(C)(C)O3)ccc2n1.Fc1cc(Br)ccc1CBr.O=C1NCc2ncccc21.O=C1c2cccnc2CN1Cc1ccc(Br)cc1F.[2H]CF.[H-].[Na+].[Pd]. The molecule has 4 aliphatic heterocycles. The molecule has 14 rings (SSSR count). The van der Waals surface area contributed by atoms with Crippen molar-refractivity contribution in [1.82, 2.24) is 49.6 Å². The van der Waals surface area contributed by atoms with E-state index in [1.54, 1.807) is 100.0 Å². The van der Waals surface area contributed by atoms with Gasteiger partial charge in [0.05, 0.1) is 84.2 Å². The van der Waals surface area contributed by atoms with Gasteiger partial charge < -0.3 is 36.1 Å². The number of benzene rings is 5. The van der Waals surface area contributed by atoms with Gasteiger partial charge in [0.1, 0.15) is 17.5 Å². The van der Waals surface area contributed by atoms with E-state index in [4.69, 9.17) is 30.5 Å². The monoisotopic (exact) mass is 1700 g/mol. The number of rotatable bonds is 7. The van der Waals surface area contributed by atoms with Gasteiger partial charge in [0, 0.05) is 129 Å². The Balaban J connectivity index is 0.000000431. The Kier molecular flexibility index (Phi) is 35.4. The molecular weight excluding hydrogens is 1620 g/mol. The van der Waals surface area contributed by atoms with E-state index in [1.807, 2.05) is 73.6 Å². The Morgan fingerprint density at radius 1 is 0.634 bits per heavy atom. The Labute approximate surface area is 654 Å². The Morgan fingerprint density at radius 3 is 1.45 bits per heavy atom. The molecule has 534 valence electrons. The molecule has 1 saturated heterocycles. The van der Waals surface area contributed by atoms with E-state index in [0.717, 1.165) is 73.8 Å². The van der Waals surface area contributed by atoms with Gasteiger partial charge in [0.15, 0.2) is 0 Å². The summed E-state index contributed by atoms with van der Waals surface area (Å²) in [4.78, 5) is 69.2. The van der Waals surface area contributed by atoms with Crippen LogP contribution in [0.25, 0.3) is 32.9 Å². The van der Waals surface area contributed by atoms with E-state index in [0.29, 0.717) is 62.8 Å². The van der Waals surface area contributed by atoms with Gasteiger partial charge in [-0.2, -0.15) is 22.8 Å². The summed E-state index contributed by atoms with van der Waals surface area (Å²) in [6.07, 6.45) is 10.7. The zero-order valence-electron chi connectivity index (χ0n) is 58.2. The number of alkyl halides is 2. The fraction of sp³-hybridized carbons (Fsp3) is 0.268. The van der Waals surface area contributed by atoms with Gasteiger partial charge in [-0.15, -0.1) is 0 Å². The van der Waals surface area contributed by atoms with E-state index in [1.165, 1.54) is 18.2 Å². The fourth-order valence-electron chi connectivity index (χ4n) is 9.83. The minimum absolute atomic E-state index is 0. The van der Waals surface area contributed by atoms with Crippen LogP contribution in [0, 0.1) is 17.5 Å². The van der Waals surface area contributed by atoms with Crippen LogP contribution in [0.15, 0.2) is 167 Å². The van der Waals surface area contributed by atoms with E-state index in [-0.39, 0.29) is 125 Å². The average molecular weight is 1700 g/mol. The zero-order chi connectivity index (χ0) is 72.9. The molecule has 30 heteroatoms. The number of aryl methyl sites for hydroxylation is 2. The number of carbonyl (C=O) groups is 5. The van der Waals surface area contributed by atoms with Crippen LogP contribution in [0.3, 0.4) is 0 Å². The minimum Gasteiger partial charge on any atom is -1.00 e. The maximum absolute atomic E-state index is 14.8. The average Bonchev–Trinajstić information content (AvgIpc) is 1.63. The summed E-state index contributed by atoms with van der Waals surface area (Å²) in [5.41, 5.74) is 10.0. The van der Waals surface area contributed by atoms with Gasteiger partial charge in [0.25, 0.3) is 29.7 Å². The van der Waals surface area contributed by atoms with Crippen LogP contribution in [-0.4, -0.2) is 116 Å². The first kappa shape index (κ1) is 86.4. The smallest absolute Gasteiger partial charge is 1.00 e. The van der Waals surface area contributed by atoms with Crippen molar-refractivity contribution < 1.29 is 114 Å². The number of halogens is 7. The topological polar surface area (TPSA) is 237 Å². The summed E-state index contributed by atoms with van der Waals surface area (Å²) >= 11 is 13.1. The van der Waals surface area contributed by atoms with Crippen molar-refractivity contribution >= 4 is 124 Å². The number of carboxylic acid groups (broad SMARTS) is 2. The molecule has 0 saturated carbocycles. The molecule has 0 aliphatic carbocycles. The number of hydrogen-bond donors (Lipinski definition) is 4. The Morgan fingerprint density at radius 2 is 1.02 bits per heavy atom. The first-order chi connectivity index (χ1) is 47.0. The predicted molar refractivity (Wildman–Crippen MR) is 391 cm³/mol. The van der Waals surface area contributed by atoms with Crippen LogP contribution in [-0.2, 0) is 91.5 Å². The van der Waals surface area contributed by atoms with E-state index in [9.17, 15) is 31.9 Å².